The van der Waals surface area contributed by atoms with Crippen LogP contribution in [0.2, 0.25) is 0 Å². The predicted octanol–water partition coefficient (Wildman–Crippen LogP) is 3.68. The fourth-order valence-electron chi connectivity index (χ4n) is 3.50. The van der Waals surface area contributed by atoms with Gasteiger partial charge in [0.2, 0.25) is 10.0 Å². The lowest BCUT2D eigenvalue weighted by Crippen LogP contribution is -2.35. The van der Waals surface area contributed by atoms with Gasteiger partial charge < -0.3 is 10.6 Å². The van der Waals surface area contributed by atoms with Crippen LogP contribution in [-0.2, 0) is 10.0 Å². The SMILES string of the molecule is CC(C)CS(=O)(=O)Nc1ccccc1-c1ccc(C2=CNC3N=CC=C3N2)c(F)c1. The third-order valence-electron chi connectivity index (χ3n) is 4.76. The summed E-state index contributed by atoms with van der Waals surface area (Å²) in [6, 6.07) is 11.9. The molecule has 2 aromatic rings. The highest BCUT2D eigenvalue weighted by molar-refractivity contribution is 7.92. The van der Waals surface area contributed by atoms with Crippen LogP contribution < -0.4 is 15.4 Å². The van der Waals surface area contributed by atoms with E-state index in [1.807, 2.05) is 19.9 Å². The summed E-state index contributed by atoms with van der Waals surface area (Å²) in [6.07, 6.45) is 5.10. The summed E-state index contributed by atoms with van der Waals surface area (Å²) < 4.78 is 42.4. The van der Waals surface area contributed by atoms with E-state index in [0.717, 1.165) is 5.70 Å². The maximum Gasteiger partial charge on any atom is 0.232 e. The van der Waals surface area contributed by atoms with E-state index >= 15 is 4.39 Å². The first-order chi connectivity index (χ1) is 14.3. The Morgan fingerprint density at radius 3 is 2.73 bits per heavy atom. The summed E-state index contributed by atoms with van der Waals surface area (Å²) in [5, 5.41) is 6.31. The number of hydrogen-bond donors (Lipinski definition) is 3. The van der Waals surface area contributed by atoms with E-state index in [4.69, 9.17) is 0 Å². The van der Waals surface area contributed by atoms with Gasteiger partial charge in [-0.3, -0.25) is 9.71 Å². The van der Waals surface area contributed by atoms with Crippen molar-refractivity contribution in [2.45, 2.75) is 20.0 Å². The Labute approximate surface area is 175 Å². The van der Waals surface area contributed by atoms with E-state index in [9.17, 15) is 8.42 Å². The number of para-hydroxylation sites is 1. The lowest BCUT2D eigenvalue weighted by Gasteiger charge is -2.24. The molecule has 30 heavy (non-hydrogen) atoms. The Hall–Kier alpha value is -3.13. The third-order valence-corrected chi connectivity index (χ3v) is 6.40. The monoisotopic (exact) mass is 426 g/mol. The number of nitrogens with one attached hydrogen (secondary N) is 3. The number of sulfonamides is 1. The van der Waals surface area contributed by atoms with Gasteiger partial charge in [-0.25, -0.2) is 12.8 Å². The molecule has 2 aliphatic rings. The number of nitrogens with zero attached hydrogens (tertiary/aromatic N) is 1. The van der Waals surface area contributed by atoms with Gasteiger partial charge in [0.25, 0.3) is 0 Å². The molecule has 1 unspecified atom stereocenters. The van der Waals surface area contributed by atoms with Gasteiger partial charge in [0.05, 0.1) is 22.8 Å². The first kappa shape index (κ1) is 20.2. The molecule has 0 fully saturated rings. The van der Waals surface area contributed by atoms with Crippen molar-refractivity contribution in [3.8, 4) is 11.1 Å². The van der Waals surface area contributed by atoms with Crippen LogP contribution in [0.4, 0.5) is 10.1 Å². The second kappa shape index (κ2) is 7.95. The molecule has 2 aliphatic heterocycles. The molecule has 0 saturated carbocycles. The van der Waals surface area contributed by atoms with Crippen molar-refractivity contribution in [1.82, 2.24) is 10.6 Å². The van der Waals surface area contributed by atoms with Gasteiger partial charge in [0.1, 0.15) is 5.82 Å². The quantitative estimate of drug-likeness (QED) is 0.658. The topological polar surface area (TPSA) is 82.6 Å². The van der Waals surface area contributed by atoms with Gasteiger partial charge in [0.15, 0.2) is 6.17 Å². The van der Waals surface area contributed by atoms with Crippen LogP contribution in [0.15, 0.2) is 65.4 Å². The van der Waals surface area contributed by atoms with Crippen molar-refractivity contribution >= 4 is 27.6 Å². The summed E-state index contributed by atoms with van der Waals surface area (Å²) in [7, 11) is -3.50. The van der Waals surface area contributed by atoms with Crippen LogP contribution in [0, 0.1) is 11.7 Å². The normalized spacial score (nSPS) is 17.7. The molecule has 6 nitrogen and oxygen atoms in total. The molecule has 0 radical (unpaired) electrons. The predicted molar refractivity (Wildman–Crippen MR) is 119 cm³/mol. The van der Waals surface area contributed by atoms with Crippen molar-refractivity contribution in [3.05, 3.63) is 71.8 Å². The van der Waals surface area contributed by atoms with Crippen LogP contribution in [0.5, 0.6) is 0 Å². The molecule has 3 N–H and O–H groups in total. The average Bonchev–Trinajstić information content (AvgIpc) is 3.14. The number of rotatable bonds is 6. The van der Waals surface area contributed by atoms with Gasteiger partial charge in [-0.1, -0.05) is 38.1 Å². The fraction of sp³-hybridized carbons (Fsp3) is 0.227. The summed E-state index contributed by atoms with van der Waals surface area (Å²) in [5.74, 6) is -0.399. The van der Waals surface area contributed by atoms with Crippen LogP contribution >= 0.6 is 0 Å². The highest BCUT2D eigenvalue weighted by Crippen LogP contribution is 2.32. The molecular weight excluding hydrogens is 403 g/mol. The Bertz CT molecular complexity index is 1170. The van der Waals surface area contributed by atoms with Crippen LogP contribution in [0.1, 0.15) is 19.4 Å². The van der Waals surface area contributed by atoms with Gasteiger partial charge in [0, 0.05) is 23.5 Å². The summed E-state index contributed by atoms with van der Waals surface area (Å²) in [4.78, 5) is 4.23. The molecule has 2 aromatic carbocycles. The maximum absolute atomic E-state index is 15.0. The van der Waals surface area contributed by atoms with E-state index in [1.54, 1.807) is 48.8 Å². The zero-order chi connectivity index (χ0) is 21.3. The van der Waals surface area contributed by atoms with Gasteiger partial charge in [-0.05, 0) is 35.8 Å². The van der Waals surface area contributed by atoms with E-state index in [1.165, 1.54) is 6.07 Å². The fourth-order valence-corrected chi connectivity index (χ4v) is 4.97. The van der Waals surface area contributed by atoms with Crippen molar-refractivity contribution < 1.29 is 12.8 Å². The third kappa shape index (κ3) is 4.23. The van der Waals surface area contributed by atoms with Crippen LogP contribution in [0.3, 0.4) is 0 Å². The largest absolute Gasteiger partial charge is 0.363 e. The minimum atomic E-state index is -3.50. The molecule has 0 aliphatic carbocycles. The minimum Gasteiger partial charge on any atom is -0.363 e. The first-order valence-corrected chi connectivity index (χ1v) is 11.3. The molecule has 0 amide bonds. The van der Waals surface area contributed by atoms with Crippen molar-refractivity contribution in [2.75, 3.05) is 10.5 Å². The second-order valence-corrected chi connectivity index (χ2v) is 9.46. The number of allylic oxidation sites excluding steroid dienone is 1. The number of aliphatic imine (C=N–C) groups is 1. The molecule has 0 bridgehead atoms. The maximum atomic E-state index is 15.0. The molecule has 1 atom stereocenters. The van der Waals surface area contributed by atoms with E-state index in [0.29, 0.717) is 28.1 Å². The lowest BCUT2D eigenvalue weighted by atomic mass is 10.0. The van der Waals surface area contributed by atoms with Crippen LogP contribution in [0.25, 0.3) is 16.8 Å². The first-order valence-electron chi connectivity index (χ1n) is 9.69. The Morgan fingerprint density at radius 1 is 1.17 bits per heavy atom. The molecule has 8 heteroatoms. The highest BCUT2D eigenvalue weighted by atomic mass is 32.2. The van der Waals surface area contributed by atoms with E-state index < -0.39 is 15.8 Å². The summed E-state index contributed by atoms with van der Waals surface area (Å²) in [6.45, 7) is 3.69. The van der Waals surface area contributed by atoms with E-state index in [-0.39, 0.29) is 17.8 Å². The highest BCUT2D eigenvalue weighted by Gasteiger charge is 2.22. The van der Waals surface area contributed by atoms with Crippen LogP contribution in [-0.4, -0.2) is 26.6 Å². The number of anilines is 1. The molecule has 0 spiro atoms. The Morgan fingerprint density at radius 2 is 1.97 bits per heavy atom. The second-order valence-electron chi connectivity index (χ2n) is 7.69. The molecule has 4 rings (SSSR count). The number of hydrogen-bond acceptors (Lipinski definition) is 5. The zero-order valence-corrected chi connectivity index (χ0v) is 17.5. The van der Waals surface area contributed by atoms with Gasteiger partial charge >= 0.3 is 0 Å². The Balaban J connectivity index is 1.63. The van der Waals surface area contributed by atoms with Gasteiger partial charge in [-0.15, -0.1) is 0 Å². The number of halogens is 1. The zero-order valence-electron chi connectivity index (χ0n) is 16.7. The summed E-state index contributed by atoms with van der Waals surface area (Å²) in [5.41, 5.74) is 3.52. The average molecular weight is 427 g/mol. The molecular formula is C22H23FN4O2S. The molecule has 0 saturated heterocycles. The van der Waals surface area contributed by atoms with Crippen molar-refractivity contribution in [1.29, 1.82) is 0 Å². The molecule has 2 heterocycles. The number of fused-ring (bicyclic) bond motifs is 1. The standard InChI is InChI=1S/C22H23FN4O2S/c1-14(2)13-30(28,29)27-19-6-4-3-5-16(19)15-7-8-17(18(23)11-15)21-12-25-22-20(26-21)9-10-24-22/h3-12,14,22,25-27H,13H2,1-2H3. The molecule has 0 aromatic heterocycles. The minimum absolute atomic E-state index is 0.00347. The van der Waals surface area contributed by atoms with Crippen molar-refractivity contribution in [3.63, 3.8) is 0 Å². The summed E-state index contributed by atoms with van der Waals surface area (Å²) >= 11 is 0. The smallest absolute Gasteiger partial charge is 0.232 e. The molecule has 156 valence electrons. The van der Waals surface area contributed by atoms with Crippen molar-refractivity contribution in [2.24, 2.45) is 10.9 Å². The lowest BCUT2D eigenvalue weighted by molar-refractivity contribution is 0.587. The number of benzene rings is 2. The Kier molecular flexibility index (Phi) is 5.34. The van der Waals surface area contributed by atoms with Gasteiger partial charge in [-0.2, -0.15) is 0 Å². The van der Waals surface area contributed by atoms with E-state index in [2.05, 4.69) is 20.3 Å².